The van der Waals surface area contributed by atoms with Gasteiger partial charge in [0.05, 0.1) is 12.2 Å². The summed E-state index contributed by atoms with van der Waals surface area (Å²) in [5.41, 5.74) is 1.50. The molecule has 0 aliphatic heterocycles. The van der Waals surface area contributed by atoms with Gasteiger partial charge in [-0.15, -0.1) is 0 Å². The first-order valence-corrected chi connectivity index (χ1v) is 5.79. The van der Waals surface area contributed by atoms with Crippen LogP contribution in [0.3, 0.4) is 0 Å². The zero-order valence-electron chi connectivity index (χ0n) is 9.51. The number of hydrogen-bond acceptors (Lipinski definition) is 2. The number of pyridine rings is 1. The van der Waals surface area contributed by atoms with E-state index in [9.17, 15) is 13.2 Å². The molecule has 1 fully saturated rings. The number of hydrogen-bond donors (Lipinski definition) is 2. The van der Waals surface area contributed by atoms with Gasteiger partial charge in [-0.05, 0) is 24.6 Å². The van der Waals surface area contributed by atoms with E-state index in [4.69, 9.17) is 0 Å². The third-order valence-electron chi connectivity index (χ3n) is 3.19. The molecule has 1 saturated carbocycles. The molecular formula is C12H12F3N3. The van der Waals surface area contributed by atoms with Crippen molar-refractivity contribution in [3.8, 4) is 0 Å². The Morgan fingerprint density at radius 1 is 1.50 bits per heavy atom. The maximum absolute atomic E-state index is 13.1. The van der Waals surface area contributed by atoms with Crippen molar-refractivity contribution in [2.45, 2.75) is 24.8 Å². The van der Waals surface area contributed by atoms with E-state index in [2.05, 4.69) is 15.3 Å². The van der Waals surface area contributed by atoms with Gasteiger partial charge in [0.1, 0.15) is 11.5 Å². The molecule has 6 heteroatoms. The van der Waals surface area contributed by atoms with Gasteiger partial charge in [0.15, 0.2) is 0 Å². The molecule has 0 bridgehead atoms. The number of nitrogens with one attached hydrogen (secondary N) is 2. The lowest BCUT2D eigenvalue weighted by molar-refractivity contribution is 0.106. The minimum Gasteiger partial charge on any atom is -0.346 e. The molecule has 3 nitrogen and oxygen atoms in total. The summed E-state index contributed by atoms with van der Waals surface area (Å²) < 4.78 is 38.3. The van der Waals surface area contributed by atoms with Crippen LogP contribution in [0.1, 0.15) is 12.0 Å². The van der Waals surface area contributed by atoms with Crippen molar-refractivity contribution in [3.63, 3.8) is 0 Å². The second-order valence-corrected chi connectivity index (χ2v) is 4.59. The predicted octanol–water partition coefficient (Wildman–Crippen LogP) is 2.24. The molecule has 2 aromatic rings. The van der Waals surface area contributed by atoms with Gasteiger partial charge >= 0.3 is 0 Å². The van der Waals surface area contributed by atoms with Crippen LogP contribution < -0.4 is 5.32 Å². The molecule has 18 heavy (non-hydrogen) atoms. The molecule has 2 aromatic heterocycles. The van der Waals surface area contributed by atoms with Crippen LogP contribution in [0.4, 0.5) is 13.2 Å². The van der Waals surface area contributed by atoms with Crippen LogP contribution >= 0.6 is 0 Å². The maximum Gasteiger partial charge on any atom is 0.265 e. The fourth-order valence-corrected chi connectivity index (χ4v) is 2.05. The van der Waals surface area contributed by atoms with Crippen LogP contribution in [0.15, 0.2) is 18.5 Å². The van der Waals surface area contributed by atoms with Gasteiger partial charge < -0.3 is 10.3 Å². The van der Waals surface area contributed by atoms with Crippen LogP contribution in [0.5, 0.6) is 0 Å². The quantitative estimate of drug-likeness (QED) is 0.879. The van der Waals surface area contributed by atoms with Gasteiger partial charge in [-0.25, -0.2) is 18.2 Å². The van der Waals surface area contributed by atoms with Crippen molar-refractivity contribution in [2.75, 3.05) is 6.54 Å². The first kappa shape index (κ1) is 11.5. The lowest BCUT2D eigenvalue weighted by atomic mass is 10.1. The van der Waals surface area contributed by atoms with E-state index in [-0.39, 0.29) is 6.42 Å². The van der Waals surface area contributed by atoms with Gasteiger partial charge in [0.25, 0.3) is 5.92 Å². The SMILES string of the molecule is Fc1cnc2[nH]cc(CCNC3CC3(F)F)c2c1. The molecule has 3 rings (SSSR count). The molecule has 1 atom stereocenters. The van der Waals surface area contributed by atoms with Crippen LogP contribution in [-0.2, 0) is 6.42 Å². The highest BCUT2D eigenvalue weighted by atomic mass is 19.3. The average Bonchev–Trinajstić information content (AvgIpc) is 2.75. The Labute approximate surface area is 101 Å². The fourth-order valence-electron chi connectivity index (χ4n) is 2.05. The summed E-state index contributed by atoms with van der Waals surface area (Å²) in [6.45, 7) is 0.448. The lowest BCUT2D eigenvalue weighted by Gasteiger charge is -2.02. The molecule has 96 valence electrons. The van der Waals surface area contributed by atoms with Crippen LogP contribution in [0, 0.1) is 5.82 Å². The molecular weight excluding hydrogens is 243 g/mol. The largest absolute Gasteiger partial charge is 0.346 e. The summed E-state index contributed by atoms with van der Waals surface area (Å²) in [6, 6.07) is 0.706. The number of rotatable bonds is 4. The molecule has 2 heterocycles. The van der Waals surface area contributed by atoms with E-state index >= 15 is 0 Å². The number of H-pyrrole nitrogens is 1. The van der Waals surface area contributed by atoms with E-state index in [1.807, 2.05) is 0 Å². The van der Waals surface area contributed by atoms with E-state index in [1.165, 1.54) is 6.07 Å². The van der Waals surface area contributed by atoms with E-state index in [0.29, 0.717) is 24.0 Å². The predicted molar refractivity (Wildman–Crippen MR) is 61.1 cm³/mol. The van der Waals surface area contributed by atoms with Crippen molar-refractivity contribution in [1.29, 1.82) is 0 Å². The Bertz CT molecular complexity index is 579. The molecule has 0 spiro atoms. The molecule has 0 saturated heterocycles. The lowest BCUT2D eigenvalue weighted by Crippen LogP contribution is -2.24. The Morgan fingerprint density at radius 2 is 2.28 bits per heavy atom. The van der Waals surface area contributed by atoms with Crippen LogP contribution in [-0.4, -0.2) is 28.5 Å². The van der Waals surface area contributed by atoms with E-state index in [1.54, 1.807) is 6.20 Å². The summed E-state index contributed by atoms with van der Waals surface area (Å²) in [4.78, 5) is 6.84. The van der Waals surface area contributed by atoms with Crippen LogP contribution in [0.25, 0.3) is 11.0 Å². The zero-order valence-corrected chi connectivity index (χ0v) is 9.51. The monoisotopic (exact) mass is 255 g/mol. The molecule has 1 unspecified atom stereocenters. The second kappa shape index (κ2) is 3.98. The van der Waals surface area contributed by atoms with Crippen molar-refractivity contribution < 1.29 is 13.2 Å². The minimum absolute atomic E-state index is 0.0862. The topological polar surface area (TPSA) is 40.7 Å². The average molecular weight is 255 g/mol. The summed E-state index contributed by atoms with van der Waals surface area (Å²) in [5.74, 6) is -2.95. The normalized spacial score (nSPS) is 21.4. The van der Waals surface area contributed by atoms with Gasteiger partial charge in [0, 0.05) is 18.0 Å². The first-order chi connectivity index (χ1) is 8.56. The minimum atomic E-state index is -2.55. The van der Waals surface area contributed by atoms with Gasteiger partial charge in [-0.2, -0.15) is 0 Å². The Kier molecular flexibility index (Phi) is 2.55. The molecule has 2 N–H and O–H groups in total. The van der Waals surface area contributed by atoms with Crippen molar-refractivity contribution >= 4 is 11.0 Å². The molecule has 0 radical (unpaired) electrons. The summed E-state index contributed by atoms with van der Waals surface area (Å²) >= 11 is 0. The van der Waals surface area contributed by atoms with Crippen LogP contribution in [0.2, 0.25) is 0 Å². The smallest absolute Gasteiger partial charge is 0.265 e. The second-order valence-electron chi connectivity index (χ2n) is 4.59. The van der Waals surface area contributed by atoms with Gasteiger partial charge in [-0.1, -0.05) is 0 Å². The zero-order chi connectivity index (χ0) is 12.8. The number of halogens is 3. The fraction of sp³-hybridized carbons (Fsp3) is 0.417. The maximum atomic E-state index is 13.1. The number of aromatic nitrogens is 2. The van der Waals surface area contributed by atoms with Gasteiger partial charge in [-0.3, -0.25) is 0 Å². The number of nitrogens with zero attached hydrogens (tertiary/aromatic N) is 1. The molecule has 1 aliphatic carbocycles. The van der Waals surface area contributed by atoms with Gasteiger partial charge in [0.2, 0.25) is 0 Å². The Morgan fingerprint density at radius 3 is 3.00 bits per heavy atom. The van der Waals surface area contributed by atoms with E-state index in [0.717, 1.165) is 11.8 Å². The number of aromatic amines is 1. The highest BCUT2D eigenvalue weighted by Gasteiger charge is 2.56. The molecule has 1 aliphatic rings. The molecule has 0 aromatic carbocycles. The number of fused-ring (bicyclic) bond motifs is 1. The first-order valence-electron chi connectivity index (χ1n) is 5.79. The van der Waals surface area contributed by atoms with Crippen molar-refractivity contribution in [1.82, 2.24) is 15.3 Å². The summed E-state index contributed by atoms with van der Waals surface area (Å²) in [5, 5.41) is 3.49. The standard InChI is InChI=1S/C12H12F3N3/c13-8-3-9-7(5-17-11(9)18-6-8)1-2-16-10-4-12(10,14)15/h3,5-6,10,16H,1-2,4H2,(H,17,18). The third-order valence-corrected chi connectivity index (χ3v) is 3.19. The third kappa shape index (κ3) is 2.08. The van der Waals surface area contributed by atoms with E-state index < -0.39 is 17.8 Å². The highest BCUT2D eigenvalue weighted by molar-refractivity contribution is 5.79. The Balaban J connectivity index is 1.66. The van der Waals surface area contributed by atoms with Crippen molar-refractivity contribution in [2.24, 2.45) is 0 Å². The molecule has 0 amide bonds. The summed E-state index contributed by atoms with van der Waals surface area (Å²) in [6.07, 6.45) is 3.37. The summed E-state index contributed by atoms with van der Waals surface area (Å²) in [7, 11) is 0. The Hall–Kier alpha value is -1.56. The highest BCUT2D eigenvalue weighted by Crippen LogP contribution is 2.41. The van der Waals surface area contributed by atoms with Crippen molar-refractivity contribution in [3.05, 3.63) is 29.8 Å². The number of alkyl halides is 2.